The molecule has 2 amide bonds. The van der Waals surface area contributed by atoms with Gasteiger partial charge >= 0.3 is 0 Å². The molecule has 4 fully saturated rings. The number of rotatable bonds is 3. The minimum Gasteiger partial charge on any atom is -0.338 e. The number of amides is 2. The second-order valence-electron chi connectivity index (χ2n) is 10.0. The van der Waals surface area contributed by atoms with Gasteiger partial charge in [0.2, 0.25) is 5.91 Å². The fourth-order valence-electron chi connectivity index (χ4n) is 6.81. The van der Waals surface area contributed by atoms with Crippen molar-refractivity contribution in [2.75, 3.05) is 13.1 Å². The van der Waals surface area contributed by atoms with Crippen molar-refractivity contribution in [1.82, 2.24) is 9.80 Å². The molecule has 3 saturated heterocycles. The Balaban J connectivity index is 1.40. The Hall–Kier alpha value is -1.91. The maximum atomic E-state index is 14.3. The van der Waals surface area contributed by atoms with E-state index in [9.17, 15) is 14.0 Å². The van der Waals surface area contributed by atoms with Crippen molar-refractivity contribution in [3.63, 3.8) is 0 Å². The molecule has 2 bridgehead atoms. The zero-order chi connectivity index (χ0) is 20.7. The van der Waals surface area contributed by atoms with E-state index in [1.807, 2.05) is 4.90 Å². The highest BCUT2D eigenvalue weighted by Gasteiger charge is 2.50. The minimum absolute atomic E-state index is 0.179. The molecule has 4 aliphatic rings. The number of halogens is 1. The van der Waals surface area contributed by atoms with Crippen LogP contribution in [0.25, 0.3) is 0 Å². The summed E-state index contributed by atoms with van der Waals surface area (Å²) in [7, 11) is 0. The Kier molecular flexibility index (Phi) is 5.55. The van der Waals surface area contributed by atoms with Crippen LogP contribution in [0.2, 0.25) is 0 Å². The first-order valence-corrected chi connectivity index (χ1v) is 12.0. The monoisotopic (exact) mass is 412 g/mol. The average Bonchev–Trinajstić information content (AvgIpc) is 2.77. The molecule has 30 heavy (non-hydrogen) atoms. The molecule has 5 rings (SSSR count). The summed E-state index contributed by atoms with van der Waals surface area (Å²) in [5, 5.41) is 0. The van der Waals surface area contributed by atoms with Crippen molar-refractivity contribution >= 4 is 11.8 Å². The summed E-state index contributed by atoms with van der Waals surface area (Å²) in [6, 6.07) is 6.83. The van der Waals surface area contributed by atoms with E-state index in [1.54, 1.807) is 18.2 Å². The van der Waals surface area contributed by atoms with Crippen molar-refractivity contribution in [3.8, 4) is 0 Å². The Morgan fingerprint density at radius 3 is 2.57 bits per heavy atom. The average molecular weight is 413 g/mol. The number of hydrogen-bond donors (Lipinski definition) is 0. The predicted molar refractivity (Wildman–Crippen MR) is 113 cm³/mol. The third kappa shape index (κ3) is 3.65. The van der Waals surface area contributed by atoms with E-state index in [0.717, 1.165) is 25.7 Å². The van der Waals surface area contributed by atoms with Gasteiger partial charge in [0.05, 0.1) is 5.56 Å². The number of hydrogen-bond acceptors (Lipinski definition) is 2. The highest BCUT2D eigenvalue weighted by atomic mass is 19.1. The van der Waals surface area contributed by atoms with Gasteiger partial charge in [-0.3, -0.25) is 9.59 Å². The lowest BCUT2D eigenvalue weighted by molar-refractivity contribution is -0.153. The summed E-state index contributed by atoms with van der Waals surface area (Å²) in [5.74, 6) is 1.05. The molecular weight excluding hydrogens is 379 g/mol. The lowest BCUT2D eigenvalue weighted by Gasteiger charge is -2.57. The van der Waals surface area contributed by atoms with E-state index in [4.69, 9.17) is 0 Å². The largest absolute Gasteiger partial charge is 0.338 e. The number of fused-ring (bicyclic) bond motifs is 4. The van der Waals surface area contributed by atoms with Crippen molar-refractivity contribution in [3.05, 3.63) is 35.6 Å². The van der Waals surface area contributed by atoms with Crippen LogP contribution >= 0.6 is 0 Å². The lowest BCUT2D eigenvalue weighted by atomic mass is 9.69. The smallest absolute Gasteiger partial charge is 0.256 e. The molecule has 0 unspecified atom stereocenters. The number of carbonyl (C=O) groups excluding carboxylic acids is 2. The van der Waals surface area contributed by atoms with E-state index in [2.05, 4.69) is 4.90 Å². The van der Waals surface area contributed by atoms with Gasteiger partial charge in [0, 0.05) is 31.6 Å². The van der Waals surface area contributed by atoms with Crippen LogP contribution in [0, 0.1) is 23.6 Å². The van der Waals surface area contributed by atoms with E-state index in [-0.39, 0.29) is 23.6 Å². The molecule has 0 aromatic heterocycles. The zero-order valence-corrected chi connectivity index (χ0v) is 17.8. The summed E-state index contributed by atoms with van der Waals surface area (Å²) in [6.45, 7) is 1.30. The number of benzene rings is 1. The Morgan fingerprint density at radius 2 is 1.77 bits per heavy atom. The van der Waals surface area contributed by atoms with Crippen molar-refractivity contribution in [2.45, 2.75) is 76.3 Å². The van der Waals surface area contributed by atoms with Gasteiger partial charge in [-0.05, 0) is 55.6 Å². The van der Waals surface area contributed by atoms with Crippen LogP contribution in [0.5, 0.6) is 0 Å². The molecule has 3 heterocycles. The molecule has 0 radical (unpaired) electrons. The molecule has 162 valence electrons. The maximum Gasteiger partial charge on any atom is 0.256 e. The summed E-state index contributed by atoms with van der Waals surface area (Å²) in [5.41, 5.74) is 0.179. The van der Waals surface area contributed by atoms with Gasteiger partial charge < -0.3 is 9.80 Å². The minimum atomic E-state index is -0.438. The maximum absolute atomic E-state index is 14.3. The number of nitrogens with zero attached hydrogens (tertiary/aromatic N) is 2. The lowest BCUT2D eigenvalue weighted by Crippen LogP contribution is -2.65. The Labute approximate surface area is 178 Å². The van der Waals surface area contributed by atoms with Gasteiger partial charge in [0.25, 0.3) is 5.91 Å². The van der Waals surface area contributed by atoms with Crippen molar-refractivity contribution in [1.29, 1.82) is 0 Å². The standard InChI is InChI=1S/C25H33FN2O2/c26-21-10-5-4-9-20(21)25(30)27-15-18-14-19(16-27)23(13-17-7-2-1-3-8-17)28-22(18)11-6-12-24(28)29/h4-5,9-10,17-19,22-23H,1-3,6-8,11-16H2/t18-,19+,22+,23+/m1/s1. The summed E-state index contributed by atoms with van der Waals surface area (Å²) >= 11 is 0. The molecule has 4 nitrogen and oxygen atoms in total. The molecule has 0 N–H and O–H groups in total. The van der Waals surface area contributed by atoms with Crippen molar-refractivity contribution < 1.29 is 14.0 Å². The van der Waals surface area contributed by atoms with Crippen LogP contribution in [0.4, 0.5) is 4.39 Å². The number of carbonyl (C=O) groups is 2. The van der Waals surface area contributed by atoms with Gasteiger partial charge in [0.1, 0.15) is 5.82 Å². The molecular formula is C25H33FN2O2. The van der Waals surface area contributed by atoms with Crippen LogP contribution in [0.1, 0.15) is 74.6 Å². The van der Waals surface area contributed by atoms with E-state index in [1.165, 1.54) is 38.2 Å². The molecule has 1 saturated carbocycles. The van der Waals surface area contributed by atoms with Gasteiger partial charge in [-0.2, -0.15) is 0 Å². The van der Waals surface area contributed by atoms with Gasteiger partial charge in [-0.25, -0.2) is 4.39 Å². The van der Waals surface area contributed by atoms with Crippen LogP contribution in [-0.4, -0.2) is 46.8 Å². The van der Waals surface area contributed by atoms with Gasteiger partial charge in [0.15, 0.2) is 0 Å². The molecule has 1 aromatic rings. The van der Waals surface area contributed by atoms with Crippen molar-refractivity contribution in [2.24, 2.45) is 17.8 Å². The highest BCUT2D eigenvalue weighted by molar-refractivity contribution is 5.94. The normalized spacial score (nSPS) is 32.1. The van der Waals surface area contributed by atoms with E-state index >= 15 is 0 Å². The van der Waals surface area contributed by atoms with Crippen LogP contribution < -0.4 is 0 Å². The Bertz CT molecular complexity index is 806. The highest BCUT2D eigenvalue weighted by Crippen LogP contribution is 2.45. The topological polar surface area (TPSA) is 40.6 Å². The van der Waals surface area contributed by atoms with Crippen LogP contribution in [-0.2, 0) is 4.79 Å². The Morgan fingerprint density at radius 1 is 1.00 bits per heavy atom. The van der Waals surface area contributed by atoms with Gasteiger partial charge in [-0.15, -0.1) is 0 Å². The van der Waals surface area contributed by atoms with Crippen LogP contribution in [0.15, 0.2) is 24.3 Å². The zero-order valence-electron chi connectivity index (χ0n) is 17.8. The molecule has 1 aromatic carbocycles. The molecule has 0 spiro atoms. The SMILES string of the molecule is O=C(c1ccccc1F)N1C[C@H]2C[C@@H](C1)[C@H](CC1CCCCC1)N1C(=O)CCC[C@@H]21. The second-order valence-corrected chi connectivity index (χ2v) is 10.0. The molecule has 4 atom stereocenters. The quantitative estimate of drug-likeness (QED) is 0.726. The molecule has 5 heteroatoms. The summed E-state index contributed by atoms with van der Waals surface area (Å²) in [6.07, 6.45) is 11.4. The molecule has 3 aliphatic heterocycles. The second kappa shape index (κ2) is 8.32. The fraction of sp³-hybridized carbons (Fsp3) is 0.680. The third-order valence-electron chi connectivity index (χ3n) is 8.19. The number of likely N-dealkylation sites (tertiary alicyclic amines) is 1. The number of piperidine rings is 3. The summed E-state index contributed by atoms with van der Waals surface area (Å²) < 4.78 is 14.3. The first kappa shape index (κ1) is 20.0. The first-order chi connectivity index (χ1) is 14.6. The van der Waals surface area contributed by atoms with E-state index in [0.29, 0.717) is 43.2 Å². The van der Waals surface area contributed by atoms with E-state index < -0.39 is 5.82 Å². The van der Waals surface area contributed by atoms with Gasteiger partial charge in [-0.1, -0.05) is 44.2 Å². The summed E-state index contributed by atoms with van der Waals surface area (Å²) in [4.78, 5) is 30.3. The first-order valence-electron chi connectivity index (χ1n) is 12.0. The third-order valence-corrected chi connectivity index (χ3v) is 8.19. The molecule has 1 aliphatic carbocycles. The predicted octanol–water partition coefficient (Wildman–Crippen LogP) is 4.64. The van der Waals surface area contributed by atoms with Crippen LogP contribution in [0.3, 0.4) is 0 Å². The fourth-order valence-corrected chi connectivity index (χ4v) is 6.81.